The molecule has 0 amide bonds. The van der Waals surface area contributed by atoms with Crippen molar-refractivity contribution in [3.05, 3.63) is 34.9 Å². The van der Waals surface area contributed by atoms with Crippen LogP contribution in [0.5, 0.6) is 0 Å². The van der Waals surface area contributed by atoms with Crippen molar-refractivity contribution < 1.29 is 9.90 Å². The van der Waals surface area contributed by atoms with E-state index in [4.69, 9.17) is 22.4 Å². The van der Waals surface area contributed by atoms with E-state index in [2.05, 4.69) is 4.90 Å². The fraction of sp³-hybridized carbons (Fsp3) is 0.462. The minimum Gasteiger partial charge on any atom is -0.481 e. The summed E-state index contributed by atoms with van der Waals surface area (Å²) in [6.45, 7) is 1.83. The summed E-state index contributed by atoms with van der Waals surface area (Å²) in [5, 5.41) is 9.71. The maximum Gasteiger partial charge on any atom is 0.307 e. The molecule has 1 aromatic carbocycles. The summed E-state index contributed by atoms with van der Waals surface area (Å²) >= 11 is 5.86. The number of carboxylic acids is 1. The van der Waals surface area contributed by atoms with Crippen LogP contribution in [0.4, 0.5) is 0 Å². The van der Waals surface area contributed by atoms with Crippen molar-refractivity contribution in [1.82, 2.24) is 4.90 Å². The topological polar surface area (TPSA) is 66.6 Å². The molecule has 0 unspecified atom stereocenters. The minimum absolute atomic E-state index is 0.0756. The van der Waals surface area contributed by atoms with Crippen molar-refractivity contribution in [3.8, 4) is 0 Å². The van der Waals surface area contributed by atoms with Crippen molar-refractivity contribution >= 4 is 17.6 Å². The second-order valence-corrected chi connectivity index (χ2v) is 5.06. The molecule has 2 rings (SSSR count). The van der Waals surface area contributed by atoms with E-state index < -0.39 is 5.97 Å². The van der Waals surface area contributed by atoms with Gasteiger partial charge < -0.3 is 10.8 Å². The first kappa shape index (κ1) is 13.3. The predicted molar refractivity (Wildman–Crippen MR) is 70.6 cm³/mol. The van der Waals surface area contributed by atoms with Gasteiger partial charge in [-0.3, -0.25) is 9.69 Å². The molecule has 1 aliphatic rings. The number of nitrogens with two attached hydrogens (primary N) is 1. The Morgan fingerprint density at radius 3 is 2.67 bits per heavy atom. The van der Waals surface area contributed by atoms with Gasteiger partial charge in [0.05, 0.1) is 5.92 Å². The minimum atomic E-state index is -0.718. The van der Waals surface area contributed by atoms with E-state index in [0.717, 1.165) is 12.1 Å². The summed E-state index contributed by atoms with van der Waals surface area (Å²) < 4.78 is 0. The summed E-state index contributed by atoms with van der Waals surface area (Å²) in [4.78, 5) is 13.1. The number of halogens is 1. The van der Waals surface area contributed by atoms with Crippen LogP contribution in [-0.4, -0.2) is 35.6 Å². The Kier molecular flexibility index (Phi) is 4.22. The number of aliphatic carboxylic acids is 1. The van der Waals surface area contributed by atoms with Gasteiger partial charge in [0.25, 0.3) is 0 Å². The molecule has 1 heterocycles. The summed E-state index contributed by atoms with van der Waals surface area (Å²) in [6, 6.07) is 7.66. The molecule has 0 aliphatic carbocycles. The first-order valence-electron chi connectivity index (χ1n) is 6.04. The van der Waals surface area contributed by atoms with Crippen molar-refractivity contribution in [2.24, 2.45) is 11.7 Å². The fourth-order valence-corrected chi connectivity index (χ4v) is 2.58. The van der Waals surface area contributed by atoms with Gasteiger partial charge in [-0.2, -0.15) is 0 Å². The Morgan fingerprint density at radius 1 is 1.50 bits per heavy atom. The third-order valence-corrected chi connectivity index (χ3v) is 3.74. The summed E-state index contributed by atoms with van der Waals surface area (Å²) in [5.74, 6) is -0.990. The first-order chi connectivity index (χ1) is 8.61. The van der Waals surface area contributed by atoms with E-state index in [1.807, 2.05) is 24.3 Å². The third-order valence-electron chi connectivity index (χ3n) is 3.49. The molecule has 3 N–H and O–H groups in total. The second kappa shape index (κ2) is 5.69. The average molecular weight is 269 g/mol. The van der Waals surface area contributed by atoms with Crippen molar-refractivity contribution in [2.45, 2.75) is 12.5 Å². The SMILES string of the molecule is NC[C@H](c1ccc(Cl)cc1)N1CC[C@@H](C(=O)O)C1. The van der Waals surface area contributed by atoms with E-state index in [0.29, 0.717) is 24.5 Å². The molecule has 18 heavy (non-hydrogen) atoms. The number of rotatable bonds is 4. The molecule has 2 atom stereocenters. The summed E-state index contributed by atoms with van der Waals surface area (Å²) in [5.41, 5.74) is 6.91. The number of likely N-dealkylation sites (tertiary alicyclic amines) is 1. The molecule has 0 radical (unpaired) electrons. The highest BCUT2D eigenvalue weighted by atomic mass is 35.5. The lowest BCUT2D eigenvalue weighted by Crippen LogP contribution is -2.32. The van der Waals surface area contributed by atoms with E-state index in [1.54, 1.807) is 0 Å². The smallest absolute Gasteiger partial charge is 0.307 e. The monoisotopic (exact) mass is 268 g/mol. The number of carboxylic acid groups (broad SMARTS) is 1. The molecule has 98 valence electrons. The lowest BCUT2D eigenvalue weighted by molar-refractivity contribution is -0.141. The van der Waals surface area contributed by atoms with Gasteiger partial charge in [0.2, 0.25) is 0 Å². The van der Waals surface area contributed by atoms with E-state index in [1.165, 1.54) is 0 Å². The number of hydrogen-bond donors (Lipinski definition) is 2. The van der Waals surface area contributed by atoms with Crippen LogP contribution in [-0.2, 0) is 4.79 Å². The van der Waals surface area contributed by atoms with Crippen LogP contribution in [0.1, 0.15) is 18.0 Å². The van der Waals surface area contributed by atoms with Crippen LogP contribution >= 0.6 is 11.6 Å². The number of nitrogens with zero attached hydrogens (tertiary/aromatic N) is 1. The third kappa shape index (κ3) is 2.83. The van der Waals surface area contributed by atoms with Gasteiger partial charge in [0, 0.05) is 24.2 Å². The highest BCUT2D eigenvalue weighted by molar-refractivity contribution is 6.30. The van der Waals surface area contributed by atoms with Crippen molar-refractivity contribution in [1.29, 1.82) is 0 Å². The molecular weight excluding hydrogens is 252 g/mol. The molecule has 0 saturated carbocycles. The van der Waals surface area contributed by atoms with Gasteiger partial charge in [-0.25, -0.2) is 0 Å². The maximum atomic E-state index is 11.0. The van der Waals surface area contributed by atoms with Gasteiger partial charge in [-0.05, 0) is 30.7 Å². The van der Waals surface area contributed by atoms with Crippen LogP contribution in [0, 0.1) is 5.92 Å². The second-order valence-electron chi connectivity index (χ2n) is 4.62. The zero-order valence-electron chi connectivity index (χ0n) is 10.1. The molecule has 4 nitrogen and oxygen atoms in total. The zero-order valence-corrected chi connectivity index (χ0v) is 10.8. The summed E-state index contributed by atoms with van der Waals surface area (Å²) in [7, 11) is 0. The molecule has 1 saturated heterocycles. The molecule has 1 fully saturated rings. The van der Waals surface area contributed by atoms with Crippen LogP contribution in [0.15, 0.2) is 24.3 Å². The standard InChI is InChI=1S/C13H17ClN2O2/c14-11-3-1-9(2-4-11)12(7-15)16-6-5-10(8-16)13(17)18/h1-4,10,12H,5-8,15H2,(H,17,18)/t10-,12-/m1/s1. The van der Waals surface area contributed by atoms with Gasteiger partial charge in [0.15, 0.2) is 0 Å². The van der Waals surface area contributed by atoms with Crippen molar-refractivity contribution in [3.63, 3.8) is 0 Å². The number of benzene rings is 1. The highest BCUT2D eigenvalue weighted by Crippen LogP contribution is 2.27. The number of carbonyl (C=O) groups is 1. The first-order valence-corrected chi connectivity index (χ1v) is 6.42. The van der Waals surface area contributed by atoms with Crippen LogP contribution in [0.3, 0.4) is 0 Å². The molecule has 0 spiro atoms. The predicted octanol–water partition coefficient (Wildman–Crippen LogP) is 1.75. The Hall–Kier alpha value is -1.10. The lowest BCUT2D eigenvalue weighted by atomic mass is 10.1. The molecular formula is C13H17ClN2O2. The van der Waals surface area contributed by atoms with Crippen molar-refractivity contribution in [2.75, 3.05) is 19.6 Å². The van der Waals surface area contributed by atoms with Gasteiger partial charge in [-0.1, -0.05) is 23.7 Å². The van der Waals surface area contributed by atoms with E-state index in [9.17, 15) is 4.79 Å². The lowest BCUT2D eigenvalue weighted by Gasteiger charge is -2.26. The maximum absolute atomic E-state index is 11.0. The Balaban J connectivity index is 2.10. The molecule has 0 aromatic heterocycles. The normalized spacial score (nSPS) is 22.0. The zero-order chi connectivity index (χ0) is 13.1. The molecule has 1 aliphatic heterocycles. The fourth-order valence-electron chi connectivity index (χ4n) is 2.45. The Morgan fingerprint density at radius 2 is 2.17 bits per heavy atom. The van der Waals surface area contributed by atoms with Gasteiger partial charge >= 0.3 is 5.97 Å². The number of hydrogen-bond acceptors (Lipinski definition) is 3. The Labute approximate surface area is 111 Å². The average Bonchev–Trinajstić information content (AvgIpc) is 2.82. The van der Waals surface area contributed by atoms with E-state index in [-0.39, 0.29) is 12.0 Å². The molecule has 0 bridgehead atoms. The summed E-state index contributed by atoms with van der Waals surface area (Å²) in [6.07, 6.45) is 0.694. The van der Waals surface area contributed by atoms with Crippen LogP contribution in [0.25, 0.3) is 0 Å². The van der Waals surface area contributed by atoms with Gasteiger partial charge in [-0.15, -0.1) is 0 Å². The van der Waals surface area contributed by atoms with E-state index >= 15 is 0 Å². The quantitative estimate of drug-likeness (QED) is 0.873. The van der Waals surface area contributed by atoms with Crippen LogP contribution < -0.4 is 5.73 Å². The Bertz CT molecular complexity index is 422. The molecule has 5 heteroatoms. The largest absolute Gasteiger partial charge is 0.481 e. The highest BCUT2D eigenvalue weighted by Gasteiger charge is 2.32. The van der Waals surface area contributed by atoms with Gasteiger partial charge in [0.1, 0.15) is 0 Å². The van der Waals surface area contributed by atoms with Crippen LogP contribution in [0.2, 0.25) is 5.02 Å². The molecule has 1 aromatic rings.